The van der Waals surface area contributed by atoms with E-state index in [1.165, 1.54) is 25.7 Å². The monoisotopic (exact) mass is 588 g/mol. The summed E-state index contributed by atoms with van der Waals surface area (Å²) in [5.74, 6) is -0.388. The van der Waals surface area contributed by atoms with Crippen molar-refractivity contribution in [3.8, 4) is 0 Å². The van der Waals surface area contributed by atoms with Crippen LogP contribution in [0.25, 0.3) is 0 Å². The van der Waals surface area contributed by atoms with Crippen molar-refractivity contribution in [1.82, 2.24) is 15.6 Å². The number of nitrogens with one attached hydrogen (secondary N) is 3. The van der Waals surface area contributed by atoms with Gasteiger partial charge in [-0.3, -0.25) is 14.1 Å². The number of alkyl carbamates (subject to hydrolysis) is 1. The van der Waals surface area contributed by atoms with Crippen LogP contribution in [-0.2, 0) is 39.1 Å². The molecule has 1 heterocycles. The number of rotatable bonds is 15. The molecular formula is C28H36N4O6S2. The molecule has 0 radical (unpaired) electrons. The molecule has 0 saturated carbocycles. The zero-order valence-corrected chi connectivity index (χ0v) is 24.3. The summed E-state index contributed by atoms with van der Waals surface area (Å²) in [6.45, 7) is 2.17. The fourth-order valence-electron chi connectivity index (χ4n) is 4.16. The van der Waals surface area contributed by atoms with Crippen LogP contribution in [0.1, 0.15) is 60.5 Å². The lowest BCUT2D eigenvalue weighted by Crippen LogP contribution is -2.49. The second-order valence-electron chi connectivity index (χ2n) is 9.39. The Morgan fingerprint density at radius 3 is 2.33 bits per heavy atom. The highest BCUT2D eigenvalue weighted by Gasteiger charge is 2.26. The standard InChI is InChI=1S/C28H36N4O6S2/c1-3-4-5-9-12-26-29-25(19-39-26)23(17-21-13-15-22(16-14-21)32-40(35,36)37)30-27(33)24(31-28(34)38-2)18-20-10-7-6-8-11-20/h6-8,10-11,13-16,19,23-24,32H,3-5,9,12,17-18H2,1-2H3,(H,30,33)(H,31,34)(H,35,36,37)/t23-,24-/m0/s1. The number of unbranched alkanes of at least 4 members (excludes halogenated alkanes) is 3. The van der Waals surface area contributed by atoms with Crippen LogP contribution in [0.15, 0.2) is 60.0 Å². The molecule has 12 heteroatoms. The maximum absolute atomic E-state index is 13.5. The van der Waals surface area contributed by atoms with E-state index in [9.17, 15) is 18.0 Å². The highest BCUT2D eigenvalue weighted by atomic mass is 32.2. The fourth-order valence-corrected chi connectivity index (χ4v) is 5.49. The van der Waals surface area contributed by atoms with Gasteiger partial charge in [-0.25, -0.2) is 9.78 Å². The van der Waals surface area contributed by atoms with Gasteiger partial charge in [0.1, 0.15) is 6.04 Å². The maximum atomic E-state index is 13.5. The van der Waals surface area contributed by atoms with Gasteiger partial charge in [0, 0.05) is 11.8 Å². The van der Waals surface area contributed by atoms with E-state index < -0.39 is 28.5 Å². The zero-order valence-electron chi connectivity index (χ0n) is 22.6. The first-order valence-corrected chi connectivity index (χ1v) is 15.5. The molecule has 0 spiro atoms. The normalized spacial score (nSPS) is 12.8. The summed E-state index contributed by atoms with van der Waals surface area (Å²) in [7, 11) is -3.15. The Kier molecular flexibility index (Phi) is 11.9. The van der Waals surface area contributed by atoms with E-state index in [0.717, 1.165) is 41.8 Å². The Morgan fingerprint density at radius 2 is 1.68 bits per heavy atom. The molecule has 2 amide bonds. The van der Waals surface area contributed by atoms with Crippen molar-refractivity contribution in [2.24, 2.45) is 0 Å². The molecule has 40 heavy (non-hydrogen) atoms. The number of nitrogens with zero attached hydrogens (tertiary/aromatic N) is 1. The molecule has 216 valence electrons. The molecule has 0 fully saturated rings. The quantitative estimate of drug-likeness (QED) is 0.147. The molecule has 10 nitrogen and oxygen atoms in total. The number of hydrogen-bond acceptors (Lipinski definition) is 7. The highest BCUT2D eigenvalue weighted by Crippen LogP contribution is 2.24. The Hall–Kier alpha value is -3.48. The minimum Gasteiger partial charge on any atom is -0.453 e. The summed E-state index contributed by atoms with van der Waals surface area (Å²) in [5, 5.41) is 8.62. The Balaban J connectivity index is 1.82. The largest absolute Gasteiger partial charge is 0.453 e. The first-order valence-electron chi connectivity index (χ1n) is 13.1. The Labute approximate surface area is 239 Å². The number of methoxy groups -OCH3 is 1. The van der Waals surface area contributed by atoms with Gasteiger partial charge in [-0.1, -0.05) is 68.7 Å². The molecule has 1 aromatic heterocycles. The molecule has 2 aromatic carbocycles. The lowest BCUT2D eigenvalue weighted by Gasteiger charge is -2.23. The Morgan fingerprint density at radius 1 is 0.975 bits per heavy atom. The van der Waals surface area contributed by atoms with Crippen LogP contribution >= 0.6 is 11.3 Å². The summed E-state index contributed by atoms with van der Waals surface area (Å²) >= 11 is 1.55. The number of ether oxygens (including phenoxy) is 1. The zero-order chi connectivity index (χ0) is 29.0. The van der Waals surface area contributed by atoms with E-state index in [1.54, 1.807) is 23.5 Å². The third-order valence-corrected chi connectivity index (χ3v) is 7.62. The number of hydrogen-bond donors (Lipinski definition) is 4. The van der Waals surface area contributed by atoms with Crippen LogP contribution in [0.3, 0.4) is 0 Å². The van der Waals surface area contributed by atoms with Gasteiger partial charge in [-0.05, 0) is 42.5 Å². The van der Waals surface area contributed by atoms with Gasteiger partial charge in [0.05, 0.1) is 29.5 Å². The first kappa shape index (κ1) is 31.1. The van der Waals surface area contributed by atoms with Crippen LogP contribution in [0.4, 0.5) is 10.5 Å². The molecule has 0 saturated heterocycles. The number of carbonyl (C=O) groups is 2. The van der Waals surface area contributed by atoms with Crippen molar-refractivity contribution < 1.29 is 27.3 Å². The predicted octanol–water partition coefficient (Wildman–Crippen LogP) is 4.85. The lowest BCUT2D eigenvalue weighted by atomic mass is 10.0. The van der Waals surface area contributed by atoms with E-state index in [2.05, 4.69) is 17.6 Å². The third-order valence-electron chi connectivity index (χ3n) is 6.20. The predicted molar refractivity (Wildman–Crippen MR) is 156 cm³/mol. The second-order valence-corrected chi connectivity index (χ2v) is 11.5. The molecule has 0 aliphatic rings. The van der Waals surface area contributed by atoms with Gasteiger partial charge in [0.25, 0.3) is 0 Å². The fraction of sp³-hybridized carbons (Fsp3) is 0.393. The molecule has 0 aliphatic heterocycles. The maximum Gasteiger partial charge on any atom is 0.407 e. The SMILES string of the molecule is CCCCCCc1nc([C@H](Cc2ccc(NS(=O)(=O)O)cc2)NC(=O)[C@H](Cc2ccccc2)NC(=O)OC)cs1. The summed E-state index contributed by atoms with van der Waals surface area (Å²) in [6.07, 6.45) is 5.30. The van der Waals surface area contributed by atoms with Crippen LogP contribution in [-0.4, -0.2) is 43.1 Å². The van der Waals surface area contributed by atoms with Crippen LogP contribution < -0.4 is 15.4 Å². The molecule has 3 rings (SSSR count). The van der Waals surface area contributed by atoms with Crippen molar-refractivity contribution in [1.29, 1.82) is 0 Å². The molecule has 0 aliphatic carbocycles. The van der Waals surface area contributed by atoms with Crippen molar-refractivity contribution in [2.75, 3.05) is 11.8 Å². The van der Waals surface area contributed by atoms with E-state index in [1.807, 2.05) is 40.4 Å². The van der Waals surface area contributed by atoms with Gasteiger partial charge in [0.2, 0.25) is 5.91 Å². The number of aromatic nitrogens is 1. The number of amides is 2. The summed E-state index contributed by atoms with van der Waals surface area (Å²) in [6, 6.07) is 14.4. The van der Waals surface area contributed by atoms with Crippen LogP contribution in [0.2, 0.25) is 0 Å². The average Bonchev–Trinajstić information content (AvgIpc) is 3.40. The van der Waals surface area contributed by atoms with Crippen molar-refractivity contribution >= 4 is 39.3 Å². The average molecular weight is 589 g/mol. The molecule has 0 unspecified atom stereocenters. The number of anilines is 1. The third kappa shape index (κ3) is 10.6. The number of aryl methyl sites for hydroxylation is 1. The first-order chi connectivity index (χ1) is 19.2. The molecule has 3 aromatic rings. The van der Waals surface area contributed by atoms with Gasteiger partial charge in [0.15, 0.2) is 0 Å². The highest BCUT2D eigenvalue weighted by molar-refractivity contribution is 7.87. The van der Waals surface area contributed by atoms with Gasteiger partial charge < -0.3 is 15.4 Å². The molecular weight excluding hydrogens is 552 g/mol. The minimum absolute atomic E-state index is 0.208. The topological polar surface area (TPSA) is 147 Å². The summed E-state index contributed by atoms with van der Waals surface area (Å²) < 4.78 is 38.1. The molecule has 2 atom stereocenters. The van der Waals surface area contributed by atoms with Crippen LogP contribution in [0, 0.1) is 0 Å². The van der Waals surface area contributed by atoms with Gasteiger partial charge in [-0.2, -0.15) is 8.42 Å². The number of benzene rings is 2. The Bertz CT molecular complexity index is 1330. The number of thiazole rings is 1. The van der Waals surface area contributed by atoms with Crippen LogP contribution in [0.5, 0.6) is 0 Å². The molecule has 4 N–H and O–H groups in total. The summed E-state index contributed by atoms with van der Waals surface area (Å²) in [4.78, 5) is 30.4. The van der Waals surface area contributed by atoms with Crippen molar-refractivity contribution in [2.45, 2.75) is 64.0 Å². The van der Waals surface area contributed by atoms with Crippen molar-refractivity contribution in [3.05, 3.63) is 81.8 Å². The van der Waals surface area contributed by atoms with E-state index in [4.69, 9.17) is 14.3 Å². The molecule has 0 bridgehead atoms. The number of carbonyl (C=O) groups excluding carboxylic acids is 2. The minimum atomic E-state index is -4.39. The van der Waals surface area contributed by atoms with E-state index in [0.29, 0.717) is 12.1 Å². The van der Waals surface area contributed by atoms with Gasteiger partial charge >= 0.3 is 16.4 Å². The van der Waals surface area contributed by atoms with Gasteiger partial charge in [-0.15, -0.1) is 11.3 Å². The van der Waals surface area contributed by atoms with E-state index in [-0.39, 0.29) is 18.0 Å². The summed E-state index contributed by atoms with van der Waals surface area (Å²) in [5.41, 5.74) is 2.60. The van der Waals surface area contributed by atoms with E-state index >= 15 is 0 Å². The lowest BCUT2D eigenvalue weighted by molar-refractivity contribution is -0.123. The second kappa shape index (κ2) is 15.3. The smallest absolute Gasteiger partial charge is 0.407 e. The van der Waals surface area contributed by atoms with Crippen molar-refractivity contribution in [3.63, 3.8) is 0 Å².